The largest absolute Gasteiger partial charge is 0.496 e. The van der Waals surface area contributed by atoms with Crippen molar-refractivity contribution < 1.29 is 23.5 Å². The Hall–Kier alpha value is -3.09. The quantitative estimate of drug-likeness (QED) is 0.748. The van der Waals surface area contributed by atoms with Crippen LogP contribution < -0.4 is 9.47 Å². The van der Waals surface area contributed by atoms with Crippen molar-refractivity contribution in [2.45, 2.75) is 13.3 Å². The summed E-state index contributed by atoms with van der Waals surface area (Å²) in [6.45, 7) is 4.11. The average Bonchev–Trinajstić information content (AvgIpc) is 2.75. The first-order valence-electron chi connectivity index (χ1n) is 9.58. The van der Waals surface area contributed by atoms with Crippen molar-refractivity contribution in [3.8, 4) is 11.5 Å². The van der Waals surface area contributed by atoms with Crippen LogP contribution >= 0.6 is 0 Å². The highest BCUT2D eigenvalue weighted by Gasteiger charge is 2.25. The number of benzene rings is 2. The van der Waals surface area contributed by atoms with Gasteiger partial charge < -0.3 is 19.3 Å². The zero-order valence-electron chi connectivity index (χ0n) is 16.7. The molecule has 0 atom stereocenters. The van der Waals surface area contributed by atoms with Crippen molar-refractivity contribution in [3.63, 3.8) is 0 Å². The Balaban J connectivity index is 1.46. The van der Waals surface area contributed by atoms with Gasteiger partial charge in [0.1, 0.15) is 17.3 Å². The van der Waals surface area contributed by atoms with Crippen LogP contribution in [0.1, 0.15) is 22.3 Å². The molecule has 0 aromatic heterocycles. The number of halogens is 1. The van der Waals surface area contributed by atoms with Crippen LogP contribution in [0.25, 0.3) is 0 Å². The Morgan fingerprint density at radius 3 is 2.31 bits per heavy atom. The summed E-state index contributed by atoms with van der Waals surface area (Å²) in [5.74, 6) is 0.810. The minimum atomic E-state index is -0.329. The van der Waals surface area contributed by atoms with Crippen molar-refractivity contribution in [2.24, 2.45) is 0 Å². The molecule has 2 amide bonds. The number of rotatable bonds is 6. The zero-order valence-corrected chi connectivity index (χ0v) is 16.7. The van der Waals surface area contributed by atoms with Gasteiger partial charge in [-0.05, 0) is 48.9 Å². The average molecular weight is 400 g/mol. The Bertz CT molecular complexity index is 862. The van der Waals surface area contributed by atoms with Crippen LogP contribution in [0.5, 0.6) is 11.5 Å². The number of aryl methyl sites for hydroxylation is 1. The molecule has 1 heterocycles. The third kappa shape index (κ3) is 5.25. The Morgan fingerprint density at radius 2 is 1.66 bits per heavy atom. The molecule has 7 heteroatoms. The van der Waals surface area contributed by atoms with Gasteiger partial charge in [-0.15, -0.1) is 0 Å². The van der Waals surface area contributed by atoms with Gasteiger partial charge in [0, 0.05) is 31.7 Å². The number of carbonyl (C=O) groups is 2. The van der Waals surface area contributed by atoms with E-state index in [9.17, 15) is 14.0 Å². The van der Waals surface area contributed by atoms with Gasteiger partial charge in [0.25, 0.3) is 5.91 Å². The summed E-state index contributed by atoms with van der Waals surface area (Å²) in [6.07, 6.45) is 0.237. The van der Waals surface area contributed by atoms with E-state index in [4.69, 9.17) is 9.47 Å². The van der Waals surface area contributed by atoms with Gasteiger partial charge in [0.2, 0.25) is 5.91 Å². The molecule has 0 radical (unpaired) electrons. The van der Waals surface area contributed by atoms with E-state index in [-0.39, 0.29) is 30.7 Å². The van der Waals surface area contributed by atoms with Gasteiger partial charge in [-0.3, -0.25) is 9.59 Å². The molecule has 2 aromatic carbocycles. The summed E-state index contributed by atoms with van der Waals surface area (Å²) in [6, 6.07) is 11.1. The van der Waals surface area contributed by atoms with Crippen LogP contribution in [-0.2, 0) is 4.79 Å². The third-order valence-corrected chi connectivity index (χ3v) is 4.97. The van der Waals surface area contributed by atoms with E-state index >= 15 is 0 Å². The number of hydrogen-bond acceptors (Lipinski definition) is 4. The fourth-order valence-corrected chi connectivity index (χ4v) is 3.24. The maximum atomic E-state index is 12.9. The van der Waals surface area contributed by atoms with Crippen molar-refractivity contribution in [1.29, 1.82) is 0 Å². The number of carbonyl (C=O) groups excluding carboxylic acids is 2. The number of hydrogen-bond donors (Lipinski definition) is 0. The molecule has 0 unspecified atom stereocenters. The van der Waals surface area contributed by atoms with Gasteiger partial charge in [-0.25, -0.2) is 4.39 Å². The number of methoxy groups -OCH3 is 1. The molecule has 1 aliphatic heterocycles. The smallest absolute Gasteiger partial charge is 0.254 e. The van der Waals surface area contributed by atoms with Gasteiger partial charge >= 0.3 is 0 Å². The molecule has 1 saturated heterocycles. The van der Waals surface area contributed by atoms with Gasteiger partial charge in [0.15, 0.2) is 0 Å². The molecule has 0 N–H and O–H groups in total. The van der Waals surface area contributed by atoms with E-state index < -0.39 is 0 Å². The van der Waals surface area contributed by atoms with Crippen molar-refractivity contribution in [3.05, 3.63) is 59.4 Å². The lowest BCUT2D eigenvalue weighted by Gasteiger charge is -2.35. The van der Waals surface area contributed by atoms with Crippen LogP contribution in [0.4, 0.5) is 4.39 Å². The summed E-state index contributed by atoms with van der Waals surface area (Å²) in [5, 5.41) is 0. The van der Waals surface area contributed by atoms with Crippen LogP contribution in [0.3, 0.4) is 0 Å². The highest BCUT2D eigenvalue weighted by molar-refractivity contribution is 5.95. The van der Waals surface area contributed by atoms with Crippen molar-refractivity contribution in [1.82, 2.24) is 9.80 Å². The van der Waals surface area contributed by atoms with E-state index in [0.717, 1.165) is 5.56 Å². The van der Waals surface area contributed by atoms with Gasteiger partial charge in [-0.2, -0.15) is 0 Å². The van der Waals surface area contributed by atoms with E-state index in [2.05, 4.69) is 0 Å². The van der Waals surface area contributed by atoms with E-state index in [1.807, 2.05) is 13.0 Å². The Kier molecular flexibility index (Phi) is 6.69. The highest BCUT2D eigenvalue weighted by atomic mass is 19.1. The fourth-order valence-electron chi connectivity index (χ4n) is 3.24. The molecule has 0 aliphatic carbocycles. The highest BCUT2D eigenvalue weighted by Crippen LogP contribution is 2.20. The molecule has 0 bridgehead atoms. The summed E-state index contributed by atoms with van der Waals surface area (Å²) in [7, 11) is 1.58. The summed E-state index contributed by atoms with van der Waals surface area (Å²) >= 11 is 0. The molecule has 154 valence electrons. The molecular formula is C22H25FN2O4. The predicted octanol–water partition coefficient (Wildman–Crippen LogP) is 2.90. The van der Waals surface area contributed by atoms with Crippen LogP contribution in [0, 0.1) is 12.7 Å². The molecule has 6 nitrogen and oxygen atoms in total. The topological polar surface area (TPSA) is 59.1 Å². The number of ether oxygens (including phenoxy) is 2. The van der Waals surface area contributed by atoms with Gasteiger partial charge in [-0.1, -0.05) is 6.07 Å². The molecule has 1 fully saturated rings. The molecular weight excluding hydrogens is 375 g/mol. The molecule has 2 aromatic rings. The summed E-state index contributed by atoms with van der Waals surface area (Å²) < 4.78 is 23.7. The van der Waals surface area contributed by atoms with Crippen molar-refractivity contribution in [2.75, 3.05) is 39.9 Å². The molecule has 0 spiro atoms. The lowest BCUT2D eigenvalue weighted by Crippen LogP contribution is -2.50. The summed E-state index contributed by atoms with van der Waals surface area (Å²) in [5.41, 5.74) is 1.56. The molecule has 1 aliphatic rings. The fraction of sp³-hybridized carbons (Fsp3) is 0.364. The number of nitrogens with zero attached hydrogens (tertiary/aromatic N) is 2. The number of piperazine rings is 1. The van der Waals surface area contributed by atoms with Crippen LogP contribution in [-0.4, -0.2) is 61.5 Å². The Labute approximate surface area is 169 Å². The molecule has 0 saturated carbocycles. The maximum absolute atomic E-state index is 12.9. The predicted molar refractivity (Wildman–Crippen MR) is 107 cm³/mol. The first kappa shape index (κ1) is 20.6. The second kappa shape index (κ2) is 9.41. The SMILES string of the molecule is COc1cc(C(=O)N2CCN(C(=O)CCOc3ccc(F)cc3)CC2)ccc1C. The van der Waals surface area contributed by atoms with E-state index in [1.165, 1.54) is 24.3 Å². The lowest BCUT2D eigenvalue weighted by atomic mass is 10.1. The monoisotopic (exact) mass is 400 g/mol. The van der Waals surface area contributed by atoms with Crippen molar-refractivity contribution >= 4 is 11.8 Å². The van der Waals surface area contributed by atoms with E-state index in [0.29, 0.717) is 43.2 Å². The third-order valence-electron chi connectivity index (χ3n) is 4.97. The summed E-state index contributed by atoms with van der Waals surface area (Å²) in [4.78, 5) is 28.6. The second-order valence-electron chi connectivity index (χ2n) is 6.91. The van der Waals surface area contributed by atoms with Gasteiger partial charge in [0.05, 0.1) is 20.1 Å². The minimum absolute atomic E-state index is 0.0174. The maximum Gasteiger partial charge on any atom is 0.254 e. The number of amides is 2. The zero-order chi connectivity index (χ0) is 20.8. The van der Waals surface area contributed by atoms with E-state index in [1.54, 1.807) is 29.0 Å². The first-order chi connectivity index (χ1) is 14.0. The second-order valence-corrected chi connectivity index (χ2v) is 6.91. The Morgan fingerprint density at radius 1 is 1.00 bits per heavy atom. The normalized spacial score (nSPS) is 13.9. The lowest BCUT2D eigenvalue weighted by molar-refractivity contribution is -0.133. The first-order valence-corrected chi connectivity index (χ1v) is 9.58. The molecule has 29 heavy (non-hydrogen) atoms. The van der Waals surface area contributed by atoms with Crippen LogP contribution in [0.15, 0.2) is 42.5 Å². The van der Waals surface area contributed by atoms with Crippen LogP contribution in [0.2, 0.25) is 0 Å². The minimum Gasteiger partial charge on any atom is -0.496 e. The standard InChI is InChI=1S/C22H25FN2O4/c1-16-3-4-17(15-20(16)28-2)22(27)25-12-10-24(11-13-25)21(26)9-14-29-19-7-5-18(23)6-8-19/h3-8,15H,9-14H2,1-2H3. The molecule has 3 rings (SSSR count).